The quantitative estimate of drug-likeness (QED) is 0.327. The van der Waals surface area contributed by atoms with Crippen LogP contribution in [0.2, 0.25) is 0 Å². The molecule has 10 heteroatoms. The Morgan fingerprint density at radius 1 is 1.06 bits per heavy atom. The molecule has 0 aliphatic heterocycles. The molecule has 0 radical (unpaired) electrons. The number of fused-ring (bicyclic) bond motifs is 1. The van der Waals surface area contributed by atoms with Gasteiger partial charge in [-0.1, -0.05) is 28.1 Å². The maximum Gasteiger partial charge on any atom is 0.332 e. The number of rotatable bonds is 6. The number of hydrazone groups is 1. The number of benzene rings is 2. The van der Waals surface area contributed by atoms with Crippen molar-refractivity contribution in [1.29, 1.82) is 0 Å². The molecule has 0 amide bonds. The average molecular weight is 497 g/mol. The molecular weight excluding hydrogens is 476 g/mol. The Bertz CT molecular complexity index is 1420. The third-order valence-electron chi connectivity index (χ3n) is 5.10. The highest BCUT2D eigenvalue weighted by Gasteiger charge is 2.19. The van der Waals surface area contributed by atoms with Crippen LogP contribution in [-0.4, -0.2) is 32.0 Å². The summed E-state index contributed by atoms with van der Waals surface area (Å²) < 4.78 is 10.3. The van der Waals surface area contributed by atoms with Gasteiger partial charge in [0.2, 0.25) is 5.95 Å². The molecule has 0 unspecified atom stereocenters. The van der Waals surface area contributed by atoms with E-state index in [1.165, 1.54) is 11.6 Å². The zero-order valence-corrected chi connectivity index (χ0v) is 19.3. The van der Waals surface area contributed by atoms with Crippen LogP contribution in [0.15, 0.2) is 67.7 Å². The number of ether oxygens (including phenoxy) is 1. The van der Waals surface area contributed by atoms with E-state index in [4.69, 9.17) is 4.74 Å². The topological polar surface area (TPSA) is 95.4 Å². The summed E-state index contributed by atoms with van der Waals surface area (Å²) in [5.41, 5.74) is 4.49. The Morgan fingerprint density at radius 2 is 1.75 bits per heavy atom. The van der Waals surface area contributed by atoms with Crippen LogP contribution in [0.3, 0.4) is 0 Å². The van der Waals surface area contributed by atoms with Crippen LogP contribution in [0.25, 0.3) is 11.2 Å². The van der Waals surface area contributed by atoms with Crippen molar-refractivity contribution in [3.8, 4) is 5.75 Å². The van der Waals surface area contributed by atoms with E-state index in [1.807, 2.05) is 48.5 Å². The normalized spacial score (nSPS) is 11.4. The summed E-state index contributed by atoms with van der Waals surface area (Å²) in [5, 5.41) is 4.28. The minimum atomic E-state index is -0.441. The van der Waals surface area contributed by atoms with Crippen molar-refractivity contribution in [3.05, 3.63) is 85.0 Å². The van der Waals surface area contributed by atoms with Gasteiger partial charge in [0.1, 0.15) is 5.75 Å². The molecule has 9 nitrogen and oxygen atoms in total. The SMILES string of the molecule is COc1ccc(/C=N/Nc2nc3c(c(=O)n(C)c(=O)n3C)n2Cc2ccc(Br)cc2)cc1. The number of anilines is 1. The third kappa shape index (κ3) is 4.09. The first-order valence-electron chi connectivity index (χ1n) is 9.73. The van der Waals surface area contributed by atoms with Gasteiger partial charge in [-0.3, -0.25) is 18.5 Å². The van der Waals surface area contributed by atoms with Gasteiger partial charge < -0.3 is 4.74 Å². The van der Waals surface area contributed by atoms with Gasteiger partial charge in [-0.2, -0.15) is 10.1 Å². The van der Waals surface area contributed by atoms with E-state index < -0.39 is 11.2 Å². The highest BCUT2D eigenvalue weighted by atomic mass is 79.9. The molecule has 0 saturated carbocycles. The van der Waals surface area contributed by atoms with Crippen LogP contribution in [-0.2, 0) is 20.6 Å². The van der Waals surface area contributed by atoms with E-state index in [-0.39, 0.29) is 5.65 Å². The first-order chi connectivity index (χ1) is 15.4. The van der Waals surface area contributed by atoms with Crippen molar-refractivity contribution in [2.75, 3.05) is 12.5 Å². The summed E-state index contributed by atoms with van der Waals surface area (Å²) in [7, 11) is 4.65. The van der Waals surface area contributed by atoms with Gasteiger partial charge >= 0.3 is 5.69 Å². The second-order valence-corrected chi connectivity index (χ2v) is 8.08. The smallest absolute Gasteiger partial charge is 0.332 e. The number of nitrogens with zero attached hydrogens (tertiary/aromatic N) is 5. The average Bonchev–Trinajstić information content (AvgIpc) is 3.16. The first kappa shape index (κ1) is 21.6. The summed E-state index contributed by atoms with van der Waals surface area (Å²) >= 11 is 3.43. The largest absolute Gasteiger partial charge is 0.497 e. The zero-order chi connectivity index (χ0) is 22.8. The van der Waals surface area contributed by atoms with Crippen molar-refractivity contribution >= 4 is 39.3 Å². The Kier molecular flexibility index (Phi) is 5.95. The van der Waals surface area contributed by atoms with Gasteiger partial charge in [0.15, 0.2) is 11.2 Å². The maximum absolute atomic E-state index is 12.9. The van der Waals surface area contributed by atoms with Gasteiger partial charge in [0.25, 0.3) is 5.56 Å². The lowest BCUT2D eigenvalue weighted by Gasteiger charge is -2.09. The minimum Gasteiger partial charge on any atom is -0.497 e. The molecule has 0 aliphatic carbocycles. The van der Waals surface area contributed by atoms with E-state index in [1.54, 1.807) is 24.9 Å². The molecule has 1 N–H and O–H groups in total. The summed E-state index contributed by atoms with van der Waals surface area (Å²) in [6.45, 7) is 0.373. The van der Waals surface area contributed by atoms with Gasteiger partial charge in [-0.05, 0) is 47.5 Å². The number of hydrogen-bond donors (Lipinski definition) is 1. The fourth-order valence-electron chi connectivity index (χ4n) is 3.31. The van der Waals surface area contributed by atoms with Gasteiger partial charge in [0.05, 0.1) is 19.9 Å². The van der Waals surface area contributed by atoms with Gasteiger partial charge in [-0.25, -0.2) is 10.2 Å². The number of aryl methyl sites for hydroxylation is 1. The minimum absolute atomic E-state index is 0.289. The Morgan fingerprint density at radius 3 is 2.41 bits per heavy atom. The number of nitrogens with one attached hydrogen (secondary N) is 1. The molecule has 0 saturated heterocycles. The molecule has 164 valence electrons. The van der Waals surface area contributed by atoms with Crippen molar-refractivity contribution < 1.29 is 4.74 Å². The Labute approximate surface area is 191 Å². The lowest BCUT2D eigenvalue weighted by Crippen LogP contribution is -2.37. The van der Waals surface area contributed by atoms with Crippen LogP contribution < -0.4 is 21.4 Å². The molecule has 32 heavy (non-hydrogen) atoms. The molecule has 2 heterocycles. The second kappa shape index (κ2) is 8.83. The maximum atomic E-state index is 12.9. The molecule has 0 aliphatic rings. The fraction of sp³-hybridized carbons (Fsp3) is 0.182. The number of halogens is 1. The molecule has 2 aromatic heterocycles. The van der Waals surface area contributed by atoms with Crippen molar-refractivity contribution in [2.45, 2.75) is 6.54 Å². The lowest BCUT2D eigenvalue weighted by atomic mass is 10.2. The summed E-state index contributed by atoms with van der Waals surface area (Å²) in [5.74, 6) is 1.11. The monoisotopic (exact) mass is 496 g/mol. The molecule has 0 bridgehead atoms. The van der Waals surface area contributed by atoms with E-state index in [0.717, 1.165) is 25.9 Å². The number of imidazole rings is 1. The lowest BCUT2D eigenvalue weighted by molar-refractivity contribution is 0.415. The van der Waals surface area contributed by atoms with E-state index >= 15 is 0 Å². The second-order valence-electron chi connectivity index (χ2n) is 7.17. The molecule has 4 rings (SSSR count). The number of aromatic nitrogens is 4. The van der Waals surface area contributed by atoms with Crippen molar-refractivity contribution in [1.82, 2.24) is 18.7 Å². The van der Waals surface area contributed by atoms with E-state index in [9.17, 15) is 9.59 Å². The van der Waals surface area contributed by atoms with Crippen LogP contribution in [0.1, 0.15) is 11.1 Å². The Balaban J connectivity index is 1.77. The zero-order valence-electron chi connectivity index (χ0n) is 17.7. The molecule has 0 atom stereocenters. The highest BCUT2D eigenvalue weighted by molar-refractivity contribution is 9.10. The van der Waals surface area contributed by atoms with Crippen LogP contribution in [0.5, 0.6) is 5.75 Å². The standard InChI is InChI=1S/C22H21BrN6O3/c1-27-19-18(20(30)28(2)22(27)31)29(13-15-4-8-16(23)9-5-15)21(25-19)26-24-12-14-6-10-17(32-3)11-7-14/h4-12H,13H2,1-3H3,(H,25,26)/b24-12+. The third-order valence-corrected chi connectivity index (χ3v) is 5.62. The number of hydrogen-bond acceptors (Lipinski definition) is 6. The van der Waals surface area contributed by atoms with Crippen LogP contribution in [0.4, 0.5) is 5.95 Å². The number of methoxy groups -OCH3 is 1. The van der Waals surface area contributed by atoms with E-state index in [0.29, 0.717) is 18.0 Å². The predicted molar refractivity (Wildman–Crippen MR) is 128 cm³/mol. The highest BCUT2D eigenvalue weighted by Crippen LogP contribution is 2.19. The summed E-state index contributed by atoms with van der Waals surface area (Å²) in [6.07, 6.45) is 1.64. The van der Waals surface area contributed by atoms with Crippen molar-refractivity contribution in [3.63, 3.8) is 0 Å². The molecule has 4 aromatic rings. The van der Waals surface area contributed by atoms with Crippen LogP contribution in [0, 0.1) is 0 Å². The van der Waals surface area contributed by atoms with Gasteiger partial charge in [0, 0.05) is 18.6 Å². The summed E-state index contributed by atoms with van der Waals surface area (Å²) in [6, 6.07) is 15.2. The Hall–Kier alpha value is -3.66. The first-order valence-corrected chi connectivity index (χ1v) is 10.5. The molecular formula is C22H21BrN6O3. The predicted octanol–water partition coefficient (Wildman–Crippen LogP) is 2.70. The van der Waals surface area contributed by atoms with Crippen molar-refractivity contribution in [2.24, 2.45) is 19.2 Å². The van der Waals surface area contributed by atoms with E-state index in [2.05, 4.69) is 31.4 Å². The molecule has 0 spiro atoms. The summed E-state index contributed by atoms with van der Waals surface area (Å²) in [4.78, 5) is 29.8. The van der Waals surface area contributed by atoms with Gasteiger partial charge in [-0.15, -0.1) is 0 Å². The molecule has 0 fully saturated rings. The molecule has 2 aromatic carbocycles. The van der Waals surface area contributed by atoms with Crippen LogP contribution >= 0.6 is 15.9 Å². The fourth-order valence-corrected chi connectivity index (χ4v) is 3.58.